The lowest BCUT2D eigenvalue weighted by Gasteiger charge is -1.98. The molecule has 4 rings (SSSR count). The molecular formula is C17H10ClFN4O2. The highest BCUT2D eigenvalue weighted by atomic mass is 35.5. The number of rotatable bonds is 2. The normalized spacial score (nSPS) is 11.8. The SMILES string of the molecule is O=c1[nH]c2c([nH]c3ccc(Cl)cc32)c(=O)n1/N=C/c1ccc(F)cc1. The second-order valence-corrected chi connectivity index (χ2v) is 5.84. The Kier molecular flexibility index (Phi) is 3.51. The smallest absolute Gasteiger partial charge is 0.349 e. The van der Waals surface area contributed by atoms with Crippen LogP contribution in [0.3, 0.4) is 0 Å². The predicted octanol–water partition coefficient (Wildman–Crippen LogP) is 2.85. The zero-order valence-electron chi connectivity index (χ0n) is 12.6. The maximum atomic E-state index is 12.9. The van der Waals surface area contributed by atoms with E-state index in [1.807, 2.05) is 0 Å². The van der Waals surface area contributed by atoms with Crippen molar-refractivity contribution in [1.82, 2.24) is 14.6 Å². The number of fused-ring (bicyclic) bond motifs is 3. The molecule has 0 saturated carbocycles. The van der Waals surface area contributed by atoms with Gasteiger partial charge in [-0.3, -0.25) is 4.79 Å². The number of nitrogens with one attached hydrogen (secondary N) is 2. The van der Waals surface area contributed by atoms with Crippen molar-refractivity contribution in [3.8, 4) is 0 Å². The van der Waals surface area contributed by atoms with E-state index >= 15 is 0 Å². The Morgan fingerprint density at radius 2 is 1.80 bits per heavy atom. The Labute approximate surface area is 144 Å². The van der Waals surface area contributed by atoms with Gasteiger partial charge in [0.15, 0.2) is 0 Å². The third-order valence-corrected chi connectivity index (χ3v) is 4.02. The van der Waals surface area contributed by atoms with Gasteiger partial charge in [0.2, 0.25) is 0 Å². The van der Waals surface area contributed by atoms with Crippen LogP contribution in [0.15, 0.2) is 57.2 Å². The molecule has 8 heteroatoms. The van der Waals surface area contributed by atoms with Gasteiger partial charge >= 0.3 is 11.2 Å². The minimum Gasteiger partial charge on any atom is -0.349 e. The number of hydrogen-bond donors (Lipinski definition) is 2. The van der Waals surface area contributed by atoms with Crippen molar-refractivity contribution in [2.45, 2.75) is 0 Å². The van der Waals surface area contributed by atoms with Gasteiger partial charge in [-0.1, -0.05) is 23.7 Å². The van der Waals surface area contributed by atoms with Crippen molar-refractivity contribution >= 4 is 39.8 Å². The van der Waals surface area contributed by atoms with Gasteiger partial charge in [-0.25, -0.2) is 9.18 Å². The zero-order chi connectivity index (χ0) is 17.6. The number of benzene rings is 2. The lowest BCUT2D eigenvalue weighted by molar-refractivity contribution is 0.628. The summed E-state index contributed by atoms with van der Waals surface area (Å²) in [4.78, 5) is 30.4. The Morgan fingerprint density at radius 1 is 1.04 bits per heavy atom. The largest absolute Gasteiger partial charge is 0.350 e. The third-order valence-electron chi connectivity index (χ3n) is 3.78. The number of aromatic amines is 2. The summed E-state index contributed by atoms with van der Waals surface area (Å²) in [6, 6.07) is 10.6. The summed E-state index contributed by atoms with van der Waals surface area (Å²) in [5.41, 5.74) is 0.540. The molecule has 0 atom stereocenters. The summed E-state index contributed by atoms with van der Waals surface area (Å²) in [6.07, 6.45) is 1.31. The van der Waals surface area contributed by atoms with Crippen molar-refractivity contribution in [2.75, 3.05) is 0 Å². The van der Waals surface area contributed by atoms with Crippen LogP contribution >= 0.6 is 11.6 Å². The van der Waals surface area contributed by atoms with E-state index in [0.29, 0.717) is 31.7 Å². The van der Waals surface area contributed by atoms with Crippen molar-refractivity contribution in [1.29, 1.82) is 0 Å². The first-order valence-corrected chi connectivity index (χ1v) is 7.67. The summed E-state index contributed by atoms with van der Waals surface area (Å²) in [6.45, 7) is 0. The monoisotopic (exact) mass is 356 g/mol. The average Bonchev–Trinajstić information content (AvgIpc) is 2.94. The molecule has 6 nitrogen and oxygen atoms in total. The molecule has 0 aliphatic carbocycles. The molecule has 0 amide bonds. The second-order valence-electron chi connectivity index (χ2n) is 5.41. The molecule has 0 aliphatic rings. The van der Waals surface area contributed by atoms with E-state index in [0.717, 1.165) is 0 Å². The van der Waals surface area contributed by atoms with Gasteiger partial charge in [0.25, 0.3) is 0 Å². The van der Waals surface area contributed by atoms with Crippen LogP contribution < -0.4 is 11.2 Å². The summed E-state index contributed by atoms with van der Waals surface area (Å²) < 4.78 is 13.6. The zero-order valence-corrected chi connectivity index (χ0v) is 13.3. The standard InChI is InChI=1S/C17H10ClFN4O2/c18-10-3-6-13-12(7-10)14-15(21-13)16(24)23(17(25)22-14)20-8-9-1-4-11(19)5-2-9/h1-8,21H,(H,22,25)/b20-8+. The van der Waals surface area contributed by atoms with Crippen LogP contribution in [0.1, 0.15) is 5.56 Å². The number of H-pyrrole nitrogens is 2. The molecule has 4 aromatic rings. The summed E-state index contributed by atoms with van der Waals surface area (Å²) in [7, 11) is 0. The maximum absolute atomic E-state index is 12.9. The quantitative estimate of drug-likeness (QED) is 0.541. The minimum absolute atomic E-state index is 0.216. The van der Waals surface area contributed by atoms with Crippen molar-refractivity contribution in [3.63, 3.8) is 0 Å². The Hall–Kier alpha value is -3.19. The molecule has 2 N–H and O–H groups in total. The average molecular weight is 357 g/mol. The van der Waals surface area contributed by atoms with Crippen LogP contribution in [-0.2, 0) is 0 Å². The Morgan fingerprint density at radius 3 is 2.56 bits per heavy atom. The van der Waals surface area contributed by atoms with E-state index in [1.165, 1.54) is 30.5 Å². The highest BCUT2D eigenvalue weighted by Crippen LogP contribution is 2.24. The van der Waals surface area contributed by atoms with E-state index in [2.05, 4.69) is 15.1 Å². The van der Waals surface area contributed by atoms with Gasteiger partial charge in [-0.15, -0.1) is 4.68 Å². The van der Waals surface area contributed by atoms with E-state index < -0.39 is 11.2 Å². The maximum Gasteiger partial charge on any atom is 0.350 e. The first kappa shape index (κ1) is 15.3. The first-order valence-electron chi connectivity index (χ1n) is 7.29. The Bertz CT molecular complexity index is 1250. The molecule has 0 radical (unpaired) electrons. The highest BCUT2D eigenvalue weighted by Gasteiger charge is 2.12. The molecule has 0 saturated heterocycles. The number of aromatic nitrogens is 3. The molecule has 2 aromatic heterocycles. The number of hydrogen-bond acceptors (Lipinski definition) is 3. The van der Waals surface area contributed by atoms with Gasteiger partial charge in [0.1, 0.15) is 11.3 Å². The van der Waals surface area contributed by atoms with Crippen molar-refractivity contribution in [3.05, 3.63) is 79.7 Å². The Balaban J connectivity index is 1.90. The third kappa shape index (κ3) is 2.64. The number of nitrogens with zero attached hydrogens (tertiary/aromatic N) is 2. The molecule has 124 valence electrons. The van der Waals surface area contributed by atoms with Crippen molar-refractivity contribution in [2.24, 2.45) is 5.10 Å². The fourth-order valence-corrected chi connectivity index (χ4v) is 2.76. The summed E-state index contributed by atoms with van der Waals surface area (Å²) >= 11 is 5.98. The van der Waals surface area contributed by atoms with Crippen LogP contribution in [0.4, 0.5) is 4.39 Å². The van der Waals surface area contributed by atoms with E-state index in [4.69, 9.17) is 11.6 Å². The molecular weight excluding hydrogens is 347 g/mol. The van der Waals surface area contributed by atoms with E-state index in [1.54, 1.807) is 18.2 Å². The molecule has 2 aromatic carbocycles. The molecule has 2 heterocycles. The van der Waals surface area contributed by atoms with Gasteiger partial charge in [0.05, 0.1) is 11.7 Å². The molecule has 0 aliphatic heterocycles. The molecule has 0 fully saturated rings. The molecule has 0 unspecified atom stereocenters. The molecule has 0 spiro atoms. The lowest BCUT2D eigenvalue weighted by Crippen LogP contribution is -2.32. The molecule has 25 heavy (non-hydrogen) atoms. The van der Waals surface area contributed by atoms with Gasteiger partial charge < -0.3 is 9.97 Å². The van der Waals surface area contributed by atoms with Crippen LogP contribution in [-0.4, -0.2) is 20.9 Å². The van der Waals surface area contributed by atoms with Crippen molar-refractivity contribution < 1.29 is 4.39 Å². The lowest BCUT2D eigenvalue weighted by atomic mass is 10.2. The predicted molar refractivity (Wildman–Crippen MR) is 95.1 cm³/mol. The van der Waals surface area contributed by atoms with Crippen LogP contribution in [0, 0.1) is 5.82 Å². The highest BCUT2D eigenvalue weighted by molar-refractivity contribution is 6.31. The van der Waals surface area contributed by atoms with Gasteiger partial charge in [-0.05, 0) is 35.9 Å². The number of halogens is 2. The van der Waals surface area contributed by atoms with E-state index in [9.17, 15) is 14.0 Å². The molecule has 0 bridgehead atoms. The van der Waals surface area contributed by atoms with Crippen LogP contribution in [0.2, 0.25) is 5.02 Å². The van der Waals surface area contributed by atoms with Gasteiger partial charge in [0, 0.05) is 15.9 Å². The second kappa shape index (κ2) is 5.71. The summed E-state index contributed by atoms with van der Waals surface area (Å²) in [5, 5.41) is 5.05. The van der Waals surface area contributed by atoms with Crippen LogP contribution in [0.5, 0.6) is 0 Å². The van der Waals surface area contributed by atoms with E-state index in [-0.39, 0.29) is 11.3 Å². The minimum atomic E-state index is -0.684. The summed E-state index contributed by atoms with van der Waals surface area (Å²) in [5.74, 6) is -0.384. The fourth-order valence-electron chi connectivity index (χ4n) is 2.59. The first-order chi connectivity index (χ1) is 12.0. The topological polar surface area (TPSA) is 83.0 Å². The van der Waals surface area contributed by atoms with Gasteiger partial charge in [-0.2, -0.15) is 5.10 Å². The fraction of sp³-hybridized carbons (Fsp3) is 0. The van der Waals surface area contributed by atoms with Crippen LogP contribution in [0.25, 0.3) is 21.9 Å².